The van der Waals surface area contributed by atoms with Crippen molar-refractivity contribution in [3.63, 3.8) is 0 Å². The number of thiazole rings is 1. The third-order valence-electron chi connectivity index (χ3n) is 4.28. The lowest BCUT2D eigenvalue weighted by molar-refractivity contribution is -0.136. The molecule has 0 atom stereocenters. The topological polar surface area (TPSA) is 88.4 Å². The van der Waals surface area contributed by atoms with Crippen LogP contribution in [0.1, 0.15) is 11.3 Å². The number of benzene rings is 1. The van der Waals surface area contributed by atoms with Gasteiger partial charge in [0.15, 0.2) is 5.82 Å². The molecule has 2 N–H and O–H groups in total. The largest absolute Gasteiger partial charge is 0.347 e. The molecule has 3 aromatic heterocycles. The van der Waals surface area contributed by atoms with Crippen LogP contribution >= 0.6 is 34.3 Å². The molecular formula is C19H16ClN5O2S2. The van der Waals surface area contributed by atoms with Gasteiger partial charge in [-0.1, -0.05) is 23.7 Å². The summed E-state index contributed by atoms with van der Waals surface area (Å²) in [6.45, 7) is 2.08. The molecule has 0 bridgehead atoms. The maximum Gasteiger partial charge on any atom is 0.313 e. The zero-order valence-corrected chi connectivity index (χ0v) is 17.7. The summed E-state index contributed by atoms with van der Waals surface area (Å²) in [7, 11) is 0. The fourth-order valence-electron chi connectivity index (χ4n) is 2.71. The molecule has 29 heavy (non-hydrogen) atoms. The van der Waals surface area contributed by atoms with Crippen molar-refractivity contribution in [2.24, 2.45) is 0 Å². The summed E-state index contributed by atoms with van der Waals surface area (Å²) in [5, 5.41) is 14.2. The Morgan fingerprint density at radius 3 is 2.83 bits per heavy atom. The van der Waals surface area contributed by atoms with E-state index in [0.29, 0.717) is 35.1 Å². The molecule has 4 aromatic rings. The standard InChI is InChI=1S/C19H16ClN5O2S2/c1-11-13(20)4-2-5-14(11)22-18(27)17(26)21-8-7-12-10-29-19-23-16(24-25(12)19)15-6-3-9-28-15/h2-6,9-10H,7-8H2,1H3,(H,21,26)(H,22,27). The molecule has 4 rings (SSSR count). The first-order chi connectivity index (χ1) is 14.0. The number of thiophene rings is 1. The summed E-state index contributed by atoms with van der Waals surface area (Å²) < 4.78 is 1.78. The summed E-state index contributed by atoms with van der Waals surface area (Å²) in [4.78, 5) is 30.6. The molecule has 0 saturated heterocycles. The highest BCUT2D eigenvalue weighted by molar-refractivity contribution is 7.15. The van der Waals surface area contributed by atoms with Gasteiger partial charge >= 0.3 is 11.8 Å². The predicted molar refractivity (Wildman–Crippen MR) is 116 cm³/mol. The van der Waals surface area contributed by atoms with Gasteiger partial charge < -0.3 is 10.6 Å². The summed E-state index contributed by atoms with van der Waals surface area (Å²) in [6, 6.07) is 9.07. The van der Waals surface area contributed by atoms with Crippen molar-refractivity contribution in [3.8, 4) is 10.7 Å². The summed E-state index contributed by atoms with van der Waals surface area (Å²) in [6.07, 6.45) is 0.530. The number of halogens is 1. The third-order valence-corrected chi connectivity index (χ3v) is 6.42. The maximum absolute atomic E-state index is 12.1. The molecule has 0 aliphatic carbocycles. The van der Waals surface area contributed by atoms with Crippen molar-refractivity contribution in [3.05, 3.63) is 57.4 Å². The van der Waals surface area contributed by atoms with E-state index >= 15 is 0 Å². The van der Waals surface area contributed by atoms with Crippen molar-refractivity contribution in [1.29, 1.82) is 0 Å². The van der Waals surface area contributed by atoms with Crippen LogP contribution in [0.4, 0.5) is 5.69 Å². The Labute approximate surface area is 179 Å². The number of aromatic nitrogens is 3. The van der Waals surface area contributed by atoms with Crippen molar-refractivity contribution >= 4 is 56.7 Å². The highest BCUT2D eigenvalue weighted by Gasteiger charge is 2.16. The van der Waals surface area contributed by atoms with E-state index in [0.717, 1.165) is 15.5 Å². The molecule has 0 aliphatic heterocycles. The van der Waals surface area contributed by atoms with Crippen molar-refractivity contribution in [2.75, 3.05) is 11.9 Å². The van der Waals surface area contributed by atoms with Crippen LogP contribution in [0.3, 0.4) is 0 Å². The van der Waals surface area contributed by atoms with Gasteiger partial charge in [0, 0.05) is 29.1 Å². The van der Waals surface area contributed by atoms with Crippen LogP contribution in [0.5, 0.6) is 0 Å². The molecule has 2 amide bonds. The quantitative estimate of drug-likeness (QED) is 0.457. The van der Waals surface area contributed by atoms with E-state index in [9.17, 15) is 9.59 Å². The molecule has 0 unspecified atom stereocenters. The number of nitrogens with zero attached hydrogens (tertiary/aromatic N) is 3. The molecule has 148 valence electrons. The van der Waals surface area contributed by atoms with E-state index in [2.05, 4.69) is 20.7 Å². The van der Waals surface area contributed by atoms with E-state index in [-0.39, 0.29) is 0 Å². The molecule has 0 aliphatic rings. The minimum Gasteiger partial charge on any atom is -0.347 e. The molecule has 1 aromatic carbocycles. The van der Waals surface area contributed by atoms with Gasteiger partial charge in [0.25, 0.3) is 0 Å². The van der Waals surface area contributed by atoms with Gasteiger partial charge in [-0.15, -0.1) is 27.8 Å². The number of amides is 2. The first-order valence-electron chi connectivity index (χ1n) is 8.74. The van der Waals surface area contributed by atoms with Crippen LogP contribution in [0.2, 0.25) is 5.02 Å². The number of carbonyl (C=O) groups excluding carboxylic acids is 2. The normalized spacial score (nSPS) is 11.0. The number of hydrogen-bond acceptors (Lipinski definition) is 6. The van der Waals surface area contributed by atoms with Gasteiger partial charge in [-0.05, 0) is 36.1 Å². The Balaban J connectivity index is 1.35. The zero-order valence-electron chi connectivity index (χ0n) is 15.3. The molecule has 0 radical (unpaired) electrons. The van der Waals surface area contributed by atoms with Crippen molar-refractivity contribution in [1.82, 2.24) is 19.9 Å². The monoisotopic (exact) mass is 445 g/mol. The third kappa shape index (κ3) is 4.16. The van der Waals surface area contributed by atoms with Crippen molar-refractivity contribution in [2.45, 2.75) is 13.3 Å². The van der Waals surface area contributed by atoms with Gasteiger partial charge in [0.2, 0.25) is 4.96 Å². The average molecular weight is 446 g/mol. The highest BCUT2D eigenvalue weighted by atomic mass is 35.5. The number of rotatable bonds is 5. The summed E-state index contributed by atoms with van der Waals surface area (Å²) >= 11 is 9.11. The Morgan fingerprint density at radius 2 is 2.03 bits per heavy atom. The van der Waals surface area contributed by atoms with Crippen LogP contribution < -0.4 is 10.6 Å². The second-order valence-corrected chi connectivity index (χ2v) is 8.40. The minimum absolute atomic E-state index is 0.306. The second-order valence-electron chi connectivity index (χ2n) is 6.21. The SMILES string of the molecule is Cc1c(Cl)cccc1NC(=O)C(=O)NCCc1csc2nc(-c3cccs3)nn12. The first kappa shape index (κ1) is 19.6. The second kappa shape index (κ2) is 8.32. The van der Waals surface area contributed by atoms with E-state index in [4.69, 9.17) is 11.6 Å². The Morgan fingerprint density at radius 1 is 1.17 bits per heavy atom. The van der Waals surface area contributed by atoms with Crippen LogP contribution in [0, 0.1) is 6.92 Å². The molecule has 3 heterocycles. The molecular weight excluding hydrogens is 430 g/mol. The number of fused-ring (bicyclic) bond motifs is 1. The Hall–Kier alpha value is -2.75. The molecule has 10 heteroatoms. The lowest BCUT2D eigenvalue weighted by Crippen LogP contribution is -2.36. The molecule has 7 nitrogen and oxygen atoms in total. The van der Waals surface area contributed by atoms with Crippen LogP contribution in [-0.4, -0.2) is 33.0 Å². The zero-order chi connectivity index (χ0) is 20.4. The van der Waals surface area contributed by atoms with Gasteiger partial charge in [-0.25, -0.2) is 4.52 Å². The van der Waals surface area contributed by atoms with Crippen LogP contribution in [-0.2, 0) is 16.0 Å². The van der Waals surface area contributed by atoms with Gasteiger partial charge in [0.05, 0.1) is 10.6 Å². The number of anilines is 1. The highest BCUT2D eigenvalue weighted by Crippen LogP contribution is 2.25. The lowest BCUT2D eigenvalue weighted by atomic mass is 10.2. The van der Waals surface area contributed by atoms with E-state index in [1.807, 2.05) is 22.9 Å². The molecule has 0 saturated carbocycles. The van der Waals surface area contributed by atoms with E-state index in [1.165, 1.54) is 11.3 Å². The number of nitrogens with one attached hydrogen (secondary N) is 2. The Kier molecular flexibility index (Phi) is 5.61. The average Bonchev–Trinajstić information content (AvgIpc) is 3.43. The fraction of sp³-hybridized carbons (Fsp3) is 0.158. The maximum atomic E-state index is 12.1. The minimum atomic E-state index is -0.730. The summed E-state index contributed by atoms with van der Waals surface area (Å²) in [5.41, 5.74) is 2.15. The Bertz CT molecular complexity index is 1180. The fourth-order valence-corrected chi connectivity index (χ4v) is 4.40. The molecule has 0 fully saturated rings. The summed E-state index contributed by atoms with van der Waals surface area (Å²) in [5.74, 6) is -0.742. The first-order valence-corrected chi connectivity index (χ1v) is 10.9. The van der Waals surface area contributed by atoms with Gasteiger partial charge in [-0.3, -0.25) is 9.59 Å². The predicted octanol–water partition coefficient (Wildman–Crippen LogP) is 3.78. The van der Waals surface area contributed by atoms with Crippen molar-refractivity contribution < 1.29 is 9.59 Å². The van der Waals surface area contributed by atoms with Crippen LogP contribution in [0.15, 0.2) is 41.1 Å². The van der Waals surface area contributed by atoms with E-state index in [1.54, 1.807) is 41.0 Å². The van der Waals surface area contributed by atoms with E-state index < -0.39 is 11.8 Å². The van der Waals surface area contributed by atoms with Crippen LogP contribution in [0.25, 0.3) is 15.7 Å². The molecule has 0 spiro atoms. The number of hydrogen-bond donors (Lipinski definition) is 2. The number of carbonyl (C=O) groups is 2. The smallest absolute Gasteiger partial charge is 0.313 e. The van der Waals surface area contributed by atoms with Gasteiger partial charge in [-0.2, -0.15) is 4.98 Å². The lowest BCUT2D eigenvalue weighted by Gasteiger charge is -2.09. The van der Waals surface area contributed by atoms with Gasteiger partial charge in [0.1, 0.15) is 0 Å².